The van der Waals surface area contributed by atoms with Crippen molar-refractivity contribution in [1.82, 2.24) is 5.32 Å². The molecule has 20 heavy (non-hydrogen) atoms. The second-order valence-electron chi connectivity index (χ2n) is 4.96. The van der Waals surface area contributed by atoms with Crippen molar-refractivity contribution in [3.05, 3.63) is 29.3 Å². The largest absolute Gasteiger partial charge is 0.465 e. The highest BCUT2D eigenvalue weighted by Gasteiger charge is 2.51. The smallest absolute Gasteiger partial charge is 0.327 e. The third kappa shape index (κ3) is 3.48. The SMILES string of the molecule is CCOC(=O)C(CSc1ccc(Cl)cc1)(NC)C1CC1. The maximum Gasteiger partial charge on any atom is 0.327 e. The van der Waals surface area contributed by atoms with Crippen molar-refractivity contribution >= 4 is 29.3 Å². The Bertz CT molecular complexity index is 461. The minimum absolute atomic E-state index is 0.133. The first kappa shape index (κ1) is 15.7. The van der Waals surface area contributed by atoms with Gasteiger partial charge in [0.25, 0.3) is 0 Å². The average Bonchev–Trinajstić information content (AvgIpc) is 3.27. The molecule has 0 radical (unpaired) electrons. The fourth-order valence-corrected chi connectivity index (χ4v) is 3.63. The van der Waals surface area contributed by atoms with Gasteiger partial charge in [-0.3, -0.25) is 4.79 Å². The van der Waals surface area contributed by atoms with Gasteiger partial charge in [0.2, 0.25) is 0 Å². The third-order valence-electron chi connectivity index (χ3n) is 3.64. The second kappa shape index (κ2) is 6.83. The first-order valence-corrected chi connectivity index (χ1v) is 8.23. The minimum Gasteiger partial charge on any atom is -0.465 e. The van der Waals surface area contributed by atoms with Crippen LogP contribution in [0.1, 0.15) is 19.8 Å². The summed E-state index contributed by atoms with van der Waals surface area (Å²) < 4.78 is 5.27. The van der Waals surface area contributed by atoms with Crippen LogP contribution in [0, 0.1) is 5.92 Å². The lowest BCUT2D eigenvalue weighted by atomic mass is 9.96. The van der Waals surface area contributed by atoms with E-state index in [4.69, 9.17) is 16.3 Å². The molecule has 0 aromatic heterocycles. The van der Waals surface area contributed by atoms with Crippen molar-refractivity contribution in [3.8, 4) is 0 Å². The summed E-state index contributed by atoms with van der Waals surface area (Å²) in [5.74, 6) is 0.923. The zero-order chi connectivity index (χ0) is 14.6. The summed E-state index contributed by atoms with van der Waals surface area (Å²) in [6.45, 7) is 2.26. The van der Waals surface area contributed by atoms with Crippen LogP contribution in [0.15, 0.2) is 29.2 Å². The molecule has 5 heteroatoms. The van der Waals surface area contributed by atoms with Crippen LogP contribution in [0.4, 0.5) is 0 Å². The van der Waals surface area contributed by atoms with Gasteiger partial charge in [-0.1, -0.05) is 11.6 Å². The highest BCUT2D eigenvalue weighted by molar-refractivity contribution is 7.99. The predicted octanol–water partition coefficient (Wildman–Crippen LogP) is 3.36. The molecule has 1 aliphatic rings. The Kier molecular flexibility index (Phi) is 5.35. The summed E-state index contributed by atoms with van der Waals surface area (Å²) in [5, 5.41) is 3.95. The molecule has 110 valence electrons. The van der Waals surface area contributed by atoms with Crippen molar-refractivity contribution in [1.29, 1.82) is 0 Å². The van der Waals surface area contributed by atoms with Gasteiger partial charge in [-0.25, -0.2) is 0 Å². The van der Waals surface area contributed by atoms with E-state index in [1.165, 1.54) is 0 Å². The number of benzene rings is 1. The number of esters is 1. The summed E-state index contributed by atoms with van der Waals surface area (Å²) in [4.78, 5) is 13.4. The molecule has 1 aliphatic carbocycles. The van der Waals surface area contributed by atoms with Gasteiger partial charge < -0.3 is 10.1 Å². The zero-order valence-electron chi connectivity index (χ0n) is 11.8. The number of ether oxygens (including phenoxy) is 1. The van der Waals surface area contributed by atoms with Gasteiger partial charge in [0.05, 0.1) is 6.61 Å². The van der Waals surface area contributed by atoms with Gasteiger partial charge in [0.1, 0.15) is 5.54 Å². The van der Waals surface area contributed by atoms with E-state index >= 15 is 0 Å². The quantitative estimate of drug-likeness (QED) is 0.619. The van der Waals surface area contributed by atoms with E-state index < -0.39 is 5.54 Å². The molecule has 3 nitrogen and oxygen atoms in total. The van der Waals surface area contributed by atoms with E-state index in [1.807, 2.05) is 38.2 Å². The van der Waals surface area contributed by atoms with Crippen molar-refractivity contribution < 1.29 is 9.53 Å². The van der Waals surface area contributed by atoms with Gasteiger partial charge in [-0.05, 0) is 57.0 Å². The second-order valence-corrected chi connectivity index (χ2v) is 6.44. The maximum atomic E-state index is 12.3. The van der Waals surface area contributed by atoms with Crippen LogP contribution in [0.5, 0.6) is 0 Å². The number of carbonyl (C=O) groups is 1. The number of hydrogen-bond acceptors (Lipinski definition) is 4. The number of hydrogen-bond donors (Lipinski definition) is 1. The Morgan fingerprint density at radius 3 is 2.60 bits per heavy atom. The number of carbonyl (C=O) groups excluding carboxylic acids is 1. The fraction of sp³-hybridized carbons (Fsp3) is 0.533. The summed E-state index contributed by atoms with van der Waals surface area (Å²) in [6.07, 6.45) is 2.17. The molecule has 1 aromatic rings. The lowest BCUT2D eigenvalue weighted by Crippen LogP contribution is -2.55. The van der Waals surface area contributed by atoms with Crippen LogP contribution < -0.4 is 5.32 Å². The van der Waals surface area contributed by atoms with Crippen molar-refractivity contribution in [2.45, 2.75) is 30.2 Å². The molecule has 1 saturated carbocycles. The van der Waals surface area contributed by atoms with Crippen LogP contribution in [-0.2, 0) is 9.53 Å². The van der Waals surface area contributed by atoms with Crippen LogP contribution >= 0.6 is 23.4 Å². The van der Waals surface area contributed by atoms with Gasteiger partial charge in [-0.15, -0.1) is 11.8 Å². The molecule has 1 N–H and O–H groups in total. The molecule has 0 aliphatic heterocycles. The molecule has 0 amide bonds. The first-order valence-electron chi connectivity index (χ1n) is 6.87. The maximum absolute atomic E-state index is 12.3. The molecule has 1 aromatic carbocycles. The van der Waals surface area contributed by atoms with Crippen LogP contribution in [0.2, 0.25) is 5.02 Å². The molecular weight excluding hydrogens is 294 g/mol. The number of nitrogens with one attached hydrogen (secondary N) is 1. The molecule has 1 atom stereocenters. The fourth-order valence-electron chi connectivity index (χ4n) is 2.29. The summed E-state index contributed by atoms with van der Waals surface area (Å²) in [7, 11) is 1.84. The summed E-state index contributed by atoms with van der Waals surface area (Å²) in [5.41, 5.74) is -0.569. The van der Waals surface area contributed by atoms with Gasteiger partial charge in [0.15, 0.2) is 0 Å². The highest BCUT2D eigenvalue weighted by atomic mass is 35.5. The Balaban J connectivity index is 2.07. The number of halogens is 1. The van der Waals surface area contributed by atoms with E-state index in [0.29, 0.717) is 18.3 Å². The van der Waals surface area contributed by atoms with Gasteiger partial charge in [0, 0.05) is 15.7 Å². The van der Waals surface area contributed by atoms with Crippen molar-refractivity contribution in [2.75, 3.05) is 19.4 Å². The Morgan fingerprint density at radius 2 is 2.10 bits per heavy atom. The molecule has 0 bridgehead atoms. The average molecular weight is 314 g/mol. The number of thioether (sulfide) groups is 1. The van der Waals surface area contributed by atoms with Gasteiger partial charge in [-0.2, -0.15) is 0 Å². The van der Waals surface area contributed by atoms with E-state index in [9.17, 15) is 4.79 Å². The zero-order valence-corrected chi connectivity index (χ0v) is 13.4. The Hall–Kier alpha value is -0.710. The highest BCUT2D eigenvalue weighted by Crippen LogP contribution is 2.43. The monoisotopic (exact) mass is 313 g/mol. The lowest BCUT2D eigenvalue weighted by molar-refractivity contribution is -0.150. The molecule has 1 fully saturated rings. The van der Waals surface area contributed by atoms with Crippen LogP contribution in [-0.4, -0.2) is 30.9 Å². The first-order chi connectivity index (χ1) is 9.62. The Morgan fingerprint density at radius 1 is 1.45 bits per heavy atom. The van der Waals surface area contributed by atoms with E-state index in [-0.39, 0.29) is 5.97 Å². The molecule has 2 rings (SSSR count). The molecule has 0 saturated heterocycles. The van der Waals surface area contributed by atoms with E-state index in [0.717, 1.165) is 22.8 Å². The van der Waals surface area contributed by atoms with E-state index in [1.54, 1.807) is 11.8 Å². The molecular formula is C15H20ClNO2S. The third-order valence-corrected chi connectivity index (χ3v) is 5.10. The minimum atomic E-state index is -0.569. The predicted molar refractivity (Wildman–Crippen MR) is 83.3 cm³/mol. The van der Waals surface area contributed by atoms with E-state index in [2.05, 4.69) is 5.32 Å². The molecule has 1 unspecified atom stereocenters. The lowest BCUT2D eigenvalue weighted by Gasteiger charge is -2.31. The molecule has 0 spiro atoms. The van der Waals surface area contributed by atoms with Crippen molar-refractivity contribution in [2.24, 2.45) is 5.92 Å². The van der Waals surface area contributed by atoms with Gasteiger partial charge >= 0.3 is 5.97 Å². The Labute approximate surface area is 129 Å². The topological polar surface area (TPSA) is 38.3 Å². The summed E-state index contributed by atoms with van der Waals surface area (Å²) >= 11 is 7.55. The number of likely N-dealkylation sites (N-methyl/N-ethyl adjacent to an activating group) is 1. The normalized spacial score (nSPS) is 17.6. The number of rotatable bonds is 7. The standard InChI is InChI=1S/C15H20ClNO2S/c1-3-19-14(18)15(17-2,11-4-5-11)10-20-13-8-6-12(16)7-9-13/h6-9,11,17H,3-5,10H2,1-2H3. The summed E-state index contributed by atoms with van der Waals surface area (Å²) in [6, 6.07) is 7.69. The van der Waals surface area contributed by atoms with Crippen LogP contribution in [0.3, 0.4) is 0 Å². The van der Waals surface area contributed by atoms with Crippen molar-refractivity contribution in [3.63, 3.8) is 0 Å². The van der Waals surface area contributed by atoms with Crippen LogP contribution in [0.25, 0.3) is 0 Å². The molecule has 0 heterocycles.